The zero-order valence-corrected chi connectivity index (χ0v) is 16.5. The molecule has 134 valence electrons. The quantitative estimate of drug-likeness (QED) is 0.420. The van der Waals surface area contributed by atoms with E-state index in [1.165, 1.54) is 34.7 Å². The Morgan fingerprint density at radius 1 is 0.889 bits per heavy atom. The Labute approximate surface area is 167 Å². The highest BCUT2D eigenvalue weighted by molar-refractivity contribution is 9.10. The first-order valence-electron chi connectivity index (χ1n) is 9.42. The van der Waals surface area contributed by atoms with Gasteiger partial charge in [-0.05, 0) is 58.1 Å². The maximum atomic E-state index is 5.11. The van der Waals surface area contributed by atoms with Crippen molar-refractivity contribution in [3.8, 4) is 16.9 Å². The Morgan fingerprint density at radius 2 is 1.70 bits per heavy atom. The van der Waals surface area contributed by atoms with Crippen molar-refractivity contribution in [1.29, 1.82) is 0 Å². The lowest BCUT2D eigenvalue weighted by Gasteiger charge is -2.10. The summed E-state index contributed by atoms with van der Waals surface area (Å²) in [5.41, 5.74) is 4.68. The summed E-state index contributed by atoms with van der Waals surface area (Å²) < 4.78 is 3.12. The molecule has 4 aromatic rings. The molecule has 0 radical (unpaired) electrons. The number of hydrogen-bond acceptors (Lipinski definition) is 2. The average Bonchev–Trinajstić information content (AvgIpc) is 2.88. The molecule has 0 bridgehead atoms. The highest BCUT2D eigenvalue weighted by Crippen LogP contribution is 2.38. The number of benzene rings is 3. The van der Waals surface area contributed by atoms with Crippen LogP contribution in [0.2, 0.25) is 0 Å². The Balaban J connectivity index is 1.79. The molecule has 1 N–H and O–H groups in total. The Bertz CT molecular complexity index is 1120. The molecule has 5 rings (SSSR count). The second-order valence-corrected chi connectivity index (χ2v) is 7.80. The first kappa shape index (κ1) is 16.6. The number of anilines is 1. The second kappa shape index (κ2) is 6.86. The molecule has 0 unspecified atom stereocenters. The van der Waals surface area contributed by atoms with Gasteiger partial charge in [0.05, 0.1) is 11.4 Å². The minimum Gasteiger partial charge on any atom is -0.370 e. The van der Waals surface area contributed by atoms with Crippen LogP contribution in [-0.4, -0.2) is 16.3 Å². The maximum Gasteiger partial charge on any atom is 0.133 e. The van der Waals surface area contributed by atoms with Gasteiger partial charge in [0, 0.05) is 22.1 Å². The zero-order valence-electron chi connectivity index (χ0n) is 15.0. The molecule has 0 saturated heterocycles. The van der Waals surface area contributed by atoms with Gasteiger partial charge in [-0.2, -0.15) is 5.10 Å². The summed E-state index contributed by atoms with van der Waals surface area (Å²) in [6, 6.07) is 23.3. The van der Waals surface area contributed by atoms with Gasteiger partial charge >= 0.3 is 0 Å². The van der Waals surface area contributed by atoms with Crippen LogP contribution in [0.5, 0.6) is 0 Å². The first-order chi connectivity index (χ1) is 13.3. The third kappa shape index (κ3) is 2.85. The van der Waals surface area contributed by atoms with Gasteiger partial charge in [0.15, 0.2) is 0 Å². The zero-order chi connectivity index (χ0) is 18.2. The number of fused-ring (bicyclic) bond motifs is 2. The molecule has 1 aromatic heterocycles. The molecule has 0 fully saturated rings. The smallest absolute Gasteiger partial charge is 0.133 e. The molecular formula is C23H20BrN3. The first-order valence-corrected chi connectivity index (χ1v) is 10.2. The minimum atomic E-state index is 0.984. The Morgan fingerprint density at radius 3 is 2.63 bits per heavy atom. The molecular weight excluding hydrogens is 398 g/mol. The van der Waals surface area contributed by atoms with Crippen LogP contribution in [0.4, 0.5) is 5.82 Å². The number of aromatic nitrogens is 2. The van der Waals surface area contributed by atoms with Crippen molar-refractivity contribution in [2.75, 3.05) is 11.9 Å². The fourth-order valence-corrected chi connectivity index (χ4v) is 4.40. The van der Waals surface area contributed by atoms with E-state index in [2.05, 4.69) is 86.6 Å². The third-order valence-electron chi connectivity index (χ3n) is 5.25. The summed E-state index contributed by atoms with van der Waals surface area (Å²) in [5, 5.41) is 11.3. The van der Waals surface area contributed by atoms with E-state index in [9.17, 15) is 0 Å². The van der Waals surface area contributed by atoms with E-state index in [0.717, 1.165) is 34.6 Å². The monoisotopic (exact) mass is 417 g/mol. The van der Waals surface area contributed by atoms with Crippen LogP contribution in [0.1, 0.15) is 18.4 Å². The minimum absolute atomic E-state index is 0.984. The number of para-hydroxylation sites is 1. The van der Waals surface area contributed by atoms with Gasteiger partial charge in [-0.15, -0.1) is 0 Å². The van der Waals surface area contributed by atoms with E-state index in [1.54, 1.807) is 0 Å². The van der Waals surface area contributed by atoms with E-state index in [1.807, 2.05) is 6.07 Å². The molecule has 0 spiro atoms. The Kier molecular flexibility index (Phi) is 4.21. The van der Waals surface area contributed by atoms with E-state index < -0.39 is 0 Å². The van der Waals surface area contributed by atoms with Crippen molar-refractivity contribution < 1.29 is 0 Å². The van der Waals surface area contributed by atoms with E-state index in [-0.39, 0.29) is 0 Å². The summed E-state index contributed by atoms with van der Waals surface area (Å²) in [7, 11) is 0. The van der Waals surface area contributed by atoms with Crippen LogP contribution in [0.25, 0.3) is 27.7 Å². The number of halogens is 1. The predicted molar refractivity (Wildman–Crippen MR) is 116 cm³/mol. The van der Waals surface area contributed by atoms with E-state index >= 15 is 0 Å². The van der Waals surface area contributed by atoms with Crippen LogP contribution in [-0.2, 0) is 6.42 Å². The van der Waals surface area contributed by atoms with Gasteiger partial charge < -0.3 is 5.32 Å². The lowest BCUT2D eigenvalue weighted by atomic mass is 9.98. The van der Waals surface area contributed by atoms with Crippen molar-refractivity contribution in [3.05, 3.63) is 76.8 Å². The van der Waals surface area contributed by atoms with Crippen LogP contribution >= 0.6 is 15.9 Å². The molecule has 1 aliphatic heterocycles. The maximum absolute atomic E-state index is 5.11. The SMILES string of the molecule is Brc1ccccc1-n1nc(-c2cccc3ccccc23)c2c1NCCCC2. The number of nitrogens with zero attached hydrogens (tertiary/aromatic N) is 2. The highest BCUT2D eigenvalue weighted by atomic mass is 79.9. The van der Waals surface area contributed by atoms with E-state index in [4.69, 9.17) is 5.10 Å². The fraction of sp³-hybridized carbons (Fsp3) is 0.174. The Hall–Kier alpha value is -2.59. The standard InChI is InChI=1S/C23H20BrN3/c24-20-13-3-4-14-21(20)27-23-19(11-5-6-15-25-23)22(26-27)18-12-7-9-16-8-1-2-10-17(16)18/h1-4,7-10,12-14,25H,5-6,11,15H2. The molecule has 2 heterocycles. The fourth-order valence-electron chi connectivity index (χ4n) is 3.95. The van der Waals surface area contributed by atoms with Crippen molar-refractivity contribution in [1.82, 2.24) is 9.78 Å². The van der Waals surface area contributed by atoms with Crippen molar-refractivity contribution in [2.24, 2.45) is 0 Å². The summed E-state index contributed by atoms with van der Waals surface area (Å²) in [6.45, 7) is 0.984. The molecule has 0 saturated carbocycles. The summed E-state index contributed by atoms with van der Waals surface area (Å²) in [5.74, 6) is 1.13. The van der Waals surface area contributed by atoms with Gasteiger partial charge in [0.1, 0.15) is 5.82 Å². The van der Waals surface area contributed by atoms with Crippen molar-refractivity contribution >= 4 is 32.5 Å². The number of rotatable bonds is 2. The molecule has 3 nitrogen and oxygen atoms in total. The molecule has 1 aliphatic rings. The average molecular weight is 418 g/mol. The highest BCUT2D eigenvalue weighted by Gasteiger charge is 2.23. The molecule has 3 aromatic carbocycles. The predicted octanol–water partition coefficient (Wildman–Crippen LogP) is 6.20. The normalized spacial score (nSPS) is 13.8. The van der Waals surface area contributed by atoms with E-state index in [0.29, 0.717) is 0 Å². The van der Waals surface area contributed by atoms with Crippen LogP contribution < -0.4 is 5.32 Å². The van der Waals surface area contributed by atoms with Crippen LogP contribution in [0.3, 0.4) is 0 Å². The molecule has 0 atom stereocenters. The number of nitrogens with one attached hydrogen (secondary N) is 1. The van der Waals surface area contributed by atoms with Gasteiger partial charge in [0.2, 0.25) is 0 Å². The molecule has 4 heteroatoms. The summed E-state index contributed by atoms with van der Waals surface area (Å²) in [6.07, 6.45) is 3.41. The van der Waals surface area contributed by atoms with Crippen molar-refractivity contribution in [2.45, 2.75) is 19.3 Å². The van der Waals surface area contributed by atoms with Gasteiger partial charge in [-0.1, -0.05) is 54.6 Å². The van der Waals surface area contributed by atoms with Crippen molar-refractivity contribution in [3.63, 3.8) is 0 Å². The van der Waals surface area contributed by atoms with Crippen LogP contribution in [0.15, 0.2) is 71.2 Å². The molecule has 0 amide bonds. The summed E-state index contributed by atoms with van der Waals surface area (Å²) in [4.78, 5) is 0. The van der Waals surface area contributed by atoms with Gasteiger partial charge in [-0.25, -0.2) is 4.68 Å². The number of hydrogen-bond donors (Lipinski definition) is 1. The molecule has 0 aliphatic carbocycles. The topological polar surface area (TPSA) is 29.9 Å². The third-order valence-corrected chi connectivity index (χ3v) is 5.93. The largest absolute Gasteiger partial charge is 0.370 e. The lowest BCUT2D eigenvalue weighted by molar-refractivity contribution is 0.780. The lowest BCUT2D eigenvalue weighted by Crippen LogP contribution is -2.07. The van der Waals surface area contributed by atoms with Gasteiger partial charge in [0.25, 0.3) is 0 Å². The van der Waals surface area contributed by atoms with Crippen LogP contribution in [0, 0.1) is 0 Å². The summed E-state index contributed by atoms with van der Waals surface area (Å²) >= 11 is 3.70. The second-order valence-electron chi connectivity index (χ2n) is 6.95. The molecule has 27 heavy (non-hydrogen) atoms. The van der Waals surface area contributed by atoms with Gasteiger partial charge in [-0.3, -0.25) is 0 Å².